The van der Waals surface area contributed by atoms with Gasteiger partial charge in [0.2, 0.25) is 0 Å². The number of alkyl halides is 6. The number of phenols is 1. The van der Waals surface area contributed by atoms with Gasteiger partial charge in [-0.1, -0.05) is 35.3 Å². The number of nitrogens with one attached hydrogen (secondary N) is 1. The third-order valence-electron chi connectivity index (χ3n) is 5.19. The molecule has 0 amide bonds. The standard InChI is InChI=1S/C25H21Cl2F6NO/c1-23(2,3)34-12-16-8-15(13-4-6-18(20(26)10-13)24(28,29)30)9-17(22(16)35)14-5-7-19(21(27)11-14)25(31,32)33/h4-11,34-35H,12H2,1-3H3. The van der Waals surface area contributed by atoms with Crippen LogP contribution in [0.1, 0.15) is 37.5 Å². The molecule has 0 aliphatic carbocycles. The molecule has 0 unspecified atom stereocenters. The summed E-state index contributed by atoms with van der Waals surface area (Å²) in [6.07, 6.45) is -9.28. The number of phenolic OH excluding ortho intramolecular Hbond substituents is 1. The van der Waals surface area contributed by atoms with E-state index in [4.69, 9.17) is 23.2 Å². The molecule has 0 fully saturated rings. The van der Waals surface area contributed by atoms with E-state index in [1.807, 2.05) is 20.8 Å². The van der Waals surface area contributed by atoms with Gasteiger partial charge in [0.1, 0.15) is 5.75 Å². The zero-order chi connectivity index (χ0) is 26.3. The van der Waals surface area contributed by atoms with Crippen LogP contribution < -0.4 is 5.32 Å². The molecule has 3 aromatic rings. The molecule has 3 aromatic carbocycles. The van der Waals surface area contributed by atoms with Gasteiger partial charge in [0.15, 0.2) is 0 Å². The number of aromatic hydroxyl groups is 1. The Labute approximate surface area is 208 Å². The highest BCUT2D eigenvalue weighted by Crippen LogP contribution is 2.42. The number of benzene rings is 3. The molecule has 0 atom stereocenters. The largest absolute Gasteiger partial charge is 0.507 e. The number of halogens is 8. The highest BCUT2D eigenvalue weighted by molar-refractivity contribution is 6.32. The van der Waals surface area contributed by atoms with E-state index < -0.39 is 33.5 Å². The lowest BCUT2D eigenvalue weighted by Gasteiger charge is -2.22. The second-order valence-electron chi connectivity index (χ2n) is 9.02. The van der Waals surface area contributed by atoms with Crippen molar-refractivity contribution in [3.8, 4) is 28.0 Å². The van der Waals surface area contributed by atoms with E-state index in [-0.39, 0.29) is 29.0 Å². The number of rotatable bonds is 4. The summed E-state index contributed by atoms with van der Waals surface area (Å²) in [4.78, 5) is 0. The SMILES string of the molecule is CC(C)(C)NCc1cc(-c2ccc(C(F)(F)F)c(Cl)c2)cc(-c2ccc(C(F)(F)F)c(Cl)c2)c1O. The number of hydrogen-bond donors (Lipinski definition) is 2. The van der Waals surface area contributed by atoms with E-state index in [0.717, 1.165) is 24.3 Å². The van der Waals surface area contributed by atoms with Crippen molar-refractivity contribution in [1.29, 1.82) is 0 Å². The molecule has 2 N–H and O–H groups in total. The molecular weight excluding hydrogens is 515 g/mol. The zero-order valence-electron chi connectivity index (χ0n) is 18.8. The fourth-order valence-electron chi connectivity index (χ4n) is 3.41. The van der Waals surface area contributed by atoms with Gasteiger partial charge in [-0.3, -0.25) is 0 Å². The summed E-state index contributed by atoms with van der Waals surface area (Å²) >= 11 is 11.8. The maximum atomic E-state index is 13.1. The van der Waals surface area contributed by atoms with Crippen LogP contribution in [0.4, 0.5) is 26.3 Å². The molecule has 0 bridgehead atoms. The minimum Gasteiger partial charge on any atom is -0.507 e. The molecule has 3 rings (SSSR count). The molecule has 0 heterocycles. The maximum Gasteiger partial charge on any atom is 0.417 e. The summed E-state index contributed by atoms with van der Waals surface area (Å²) in [5.74, 6) is -0.195. The zero-order valence-corrected chi connectivity index (χ0v) is 20.3. The molecule has 0 saturated carbocycles. The molecule has 0 spiro atoms. The van der Waals surface area contributed by atoms with Crippen LogP contribution in [0.3, 0.4) is 0 Å². The van der Waals surface area contributed by atoms with Crippen LogP contribution in [0.25, 0.3) is 22.3 Å². The van der Waals surface area contributed by atoms with Crippen molar-refractivity contribution in [2.45, 2.75) is 45.2 Å². The topological polar surface area (TPSA) is 32.3 Å². The minimum absolute atomic E-state index is 0.167. The predicted molar refractivity (Wildman–Crippen MR) is 126 cm³/mol. The van der Waals surface area contributed by atoms with Gasteiger partial charge in [0, 0.05) is 23.2 Å². The Kier molecular flexibility index (Phi) is 7.42. The predicted octanol–water partition coefficient (Wildman–Crippen LogP) is 8.96. The van der Waals surface area contributed by atoms with Crippen molar-refractivity contribution < 1.29 is 31.4 Å². The molecule has 0 aromatic heterocycles. The van der Waals surface area contributed by atoms with Crippen LogP contribution in [-0.2, 0) is 18.9 Å². The van der Waals surface area contributed by atoms with Crippen molar-refractivity contribution in [1.82, 2.24) is 5.32 Å². The molecule has 188 valence electrons. The molecular formula is C25H21Cl2F6NO. The lowest BCUT2D eigenvalue weighted by atomic mass is 9.93. The van der Waals surface area contributed by atoms with Gasteiger partial charge in [0.05, 0.1) is 21.2 Å². The van der Waals surface area contributed by atoms with Crippen LogP contribution in [-0.4, -0.2) is 10.6 Å². The summed E-state index contributed by atoms with van der Waals surface area (Å²) in [6, 6.07) is 9.37. The van der Waals surface area contributed by atoms with Crippen molar-refractivity contribution in [2.24, 2.45) is 0 Å². The molecule has 2 nitrogen and oxygen atoms in total. The van der Waals surface area contributed by atoms with Crippen LogP contribution in [0, 0.1) is 0 Å². The Morgan fingerprint density at radius 1 is 0.714 bits per heavy atom. The van der Waals surface area contributed by atoms with Gasteiger partial charge in [-0.15, -0.1) is 0 Å². The molecule has 0 radical (unpaired) electrons. The Bertz CT molecular complexity index is 1250. The summed E-state index contributed by atoms with van der Waals surface area (Å²) in [5, 5.41) is 13.1. The van der Waals surface area contributed by atoms with Gasteiger partial charge in [-0.2, -0.15) is 26.3 Å². The van der Waals surface area contributed by atoms with E-state index in [9.17, 15) is 31.4 Å². The van der Waals surface area contributed by atoms with Crippen molar-refractivity contribution in [2.75, 3.05) is 0 Å². The first-order valence-corrected chi connectivity index (χ1v) is 11.1. The van der Waals surface area contributed by atoms with E-state index in [0.29, 0.717) is 16.7 Å². The smallest absolute Gasteiger partial charge is 0.417 e. The Morgan fingerprint density at radius 3 is 1.66 bits per heavy atom. The first kappa shape index (κ1) is 27.2. The van der Waals surface area contributed by atoms with Gasteiger partial charge in [-0.25, -0.2) is 0 Å². The quantitative estimate of drug-likeness (QED) is 0.327. The van der Waals surface area contributed by atoms with Crippen LogP contribution in [0.15, 0.2) is 48.5 Å². The first-order chi connectivity index (χ1) is 16.0. The average molecular weight is 536 g/mol. The Hall–Kier alpha value is -2.42. The fourth-order valence-corrected chi connectivity index (χ4v) is 3.99. The molecule has 35 heavy (non-hydrogen) atoms. The summed E-state index contributed by atoms with van der Waals surface area (Å²) in [7, 11) is 0. The fraction of sp³-hybridized carbons (Fsp3) is 0.280. The second kappa shape index (κ2) is 9.56. The third kappa shape index (κ3) is 6.42. The van der Waals surface area contributed by atoms with Gasteiger partial charge < -0.3 is 10.4 Å². The lowest BCUT2D eigenvalue weighted by Crippen LogP contribution is -2.35. The summed E-state index contributed by atoms with van der Waals surface area (Å²) in [5.41, 5.74) is -0.849. The van der Waals surface area contributed by atoms with Crippen LogP contribution in [0.2, 0.25) is 10.0 Å². The van der Waals surface area contributed by atoms with Crippen LogP contribution >= 0.6 is 23.2 Å². The average Bonchev–Trinajstić information content (AvgIpc) is 2.70. The molecule has 0 aliphatic rings. The second-order valence-corrected chi connectivity index (χ2v) is 9.83. The molecule has 0 saturated heterocycles. The highest BCUT2D eigenvalue weighted by Gasteiger charge is 2.34. The van der Waals surface area contributed by atoms with Gasteiger partial charge in [-0.05, 0) is 73.9 Å². The first-order valence-electron chi connectivity index (χ1n) is 10.3. The molecule has 10 heteroatoms. The summed E-state index contributed by atoms with van der Waals surface area (Å²) < 4.78 is 78.8. The summed E-state index contributed by atoms with van der Waals surface area (Å²) in [6.45, 7) is 5.89. The van der Waals surface area contributed by atoms with E-state index >= 15 is 0 Å². The maximum absolute atomic E-state index is 13.1. The van der Waals surface area contributed by atoms with Crippen molar-refractivity contribution in [3.05, 3.63) is 75.3 Å². The van der Waals surface area contributed by atoms with E-state index in [2.05, 4.69) is 5.32 Å². The van der Waals surface area contributed by atoms with Crippen molar-refractivity contribution in [3.63, 3.8) is 0 Å². The highest BCUT2D eigenvalue weighted by atomic mass is 35.5. The van der Waals surface area contributed by atoms with Gasteiger partial charge in [0.25, 0.3) is 0 Å². The third-order valence-corrected chi connectivity index (χ3v) is 5.82. The molecule has 0 aliphatic heterocycles. The van der Waals surface area contributed by atoms with Crippen LogP contribution in [0.5, 0.6) is 5.75 Å². The Morgan fingerprint density at radius 2 is 1.20 bits per heavy atom. The van der Waals surface area contributed by atoms with Gasteiger partial charge >= 0.3 is 12.4 Å². The van der Waals surface area contributed by atoms with E-state index in [1.165, 1.54) is 18.2 Å². The lowest BCUT2D eigenvalue weighted by molar-refractivity contribution is -0.138. The van der Waals surface area contributed by atoms with Crippen molar-refractivity contribution >= 4 is 23.2 Å². The number of hydrogen-bond acceptors (Lipinski definition) is 2. The van der Waals surface area contributed by atoms with E-state index in [1.54, 1.807) is 6.07 Å². The monoisotopic (exact) mass is 535 g/mol. The minimum atomic E-state index is -4.65. The Balaban J connectivity index is 2.19. The normalized spacial score (nSPS) is 12.8.